The number of halogens is 1. The number of hydrogen-bond donors (Lipinski definition) is 2. The quantitative estimate of drug-likeness (QED) is 0.789. The number of aliphatic hydroxyl groups is 1. The Labute approximate surface area is 102 Å². The Kier molecular flexibility index (Phi) is 5.55. The van der Waals surface area contributed by atoms with Crippen molar-refractivity contribution in [3.05, 3.63) is 35.6 Å². The Morgan fingerprint density at radius 2 is 1.88 bits per heavy atom. The first-order valence-electron chi connectivity index (χ1n) is 5.80. The standard InChI is InChI=1S/C13H21FN2O/c1-10(9-16(2)3)15-8-13(17)11-4-6-12(14)7-5-11/h4-7,10,13,15,17H,8-9H2,1-3H3. The van der Waals surface area contributed by atoms with Gasteiger partial charge < -0.3 is 15.3 Å². The molecule has 0 fully saturated rings. The molecule has 0 saturated heterocycles. The second-order valence-corrected chi connectivity index (χ2v) is 4.64. The van der Waals surface area contributed by atoms with Crippen molar-refractivity contribution in [1.29, 1.82) is 0 Å². The third-order valence-corrected chi connectivity index (χ3v) is 2.55. The molecule has 0 aliphatic rings. The lowest BCUT2D eigenvalue weighted by atomic mass is 10.1. The monoisotopic (exact) mass is 240 g/mol. The number of nitrogens with one attached hydrogen (secondary N) is 1. The van der Waals surface area contributed by atoms with Crippen molar-refractivity contribution in [2.45, 2.75) is 19.1 Å². The Morgan fingerprint density at radius 1 is 1.29 bits per heavy atom. The van der Waals surface area contributed by atoms with Crippen LogP contribution in [0.5, 0.6) is 0 Å². The van der Waals surface area contributed by atoms with Crippen molar-refractivity contribution in [2.75, 3.05) is 27.2 Å². The maximum Gasteiger partial charge on any atom is 0.123 e. The Bertz CT molecular complexity index is 327. The second kappa shape index (κ2) is 6.69. The molecule has 17 heavy (non-hydrogen) atoms. The largest absolute Gasteiger partial charge is 0.387 e. The number of likely N-dealkylation sites (N-methyl/N-ethyl adjacent to an activating group) is 1. The maximum absolute atomic E-state index is 12.7. The molecule has 0 radical (unpaired) electrons. The fraction of sp³-hybridized carbons (Fsp3) is 0.538. The second-order valence-electron chi connectivity index (χ2n) is 4.64. The van der Waals surface area contributed by atoms with Crippen LogP contribution in [0.15, 0.2) is 24.3 Å². The van der Waals surface area contributed by atoms with Crippen LogP contribution in [-0.2, 0) is 0 Å². The Balaban J connectivity index is 2.39. The topological polar surface area (TPSA) is 35.5 Å². The highest BCUT2D eigenvalue weighted by Gasteiger charge is 2.09. The minimum absolute atomic E-state index is 0.283. The highest BCUT2D eigenvalue weighted by molar-refractivity contribution is 5.18. The molecule has 0 aliphatic carbocycles. The van der Waals surface area contributed by atoms with Gasteiger partial charge in [0.15, 0.2) is 0 Å². The molecule has 1 rings (SSSR count). The van der Waals surface area contributed by atoms with E-state index in [1.807, 2.05) is 14.1 Å². The van der Waals surface area contributed by atoms with Gasteiger partial charge in [0.1, 0.15) is 5.82 Å². The van der Waals surface area contributed by atoms with Gasteiger partial charge in [-0.05, 0) is 38.7 Å². The van der Waals surface area contributed by atoms with E-state index in [1.54, 1.807) is 12.1 Å². The Hall–Kier alpha value is -0.970. The van der Waals surface area contributed by atoms with E-state index >= 15 is 0 Å². The fourth-order valence-corrected chi connectivity index (χ4v) is 1.73. The first kappa shape index (κ1) is 14.1. The van der Waals surface area contributed by atoms with E-state index in [-0.39, 0.29) is 5.82 Å². The van der Waals surface area contributed by atoms with Crippen molar-refractivity contribution in [3.8, 4) is 0 Å². The normalized spacial score (nSPS) is 14.9. The molecule has 0 spiro atoms. The van der Waals surface area contributed by atoms with Gasteiger partial charge in [-0.3, -0.25) is 0 Å². The van der Waals surface area contributed by atoms with E-state index in [2.05, 4.69) is 17.1 Å². The molecule has 0 aromatic heterocycles. The summed E-state index contributed by atoms with van der Waals surface area (Å²) in [6.07, 6.45) is -0.597. The van der Waals surface area contributed by atoms with Crippen LogP contribution in [0.25, 0.3) is 0 Å². The van der Waals surface area contributed by atoms with Crippen LogP contribution in [0.2, 0.25) is 0 Å². The van der Waals surface area contributed by atoms with Crippen molar-refractivity contribution in [3.63, 3.8) is 0 Å². The van der Waals surface area contributed by atoms with Gasteiger partial charge in [0.05, 0.1) is 6.10 Å². The Morgan fingerprint density at radius 3 is 2.41 bits per heavy atom. The number of rotatable bonds is 6. The van der Waals surface area contributed by atoms with Gasteiger partial charge in [-0.25, -0.2) is 4.39 Å². The number of aliphatic hydroxyl groups excluding tert-OH is 1. The number of benzene rings is 1. The summed E-state index contributed by atoms with van der Waals surface area (Å²) in [5, 5.41) is 13.1. The van der Waals surface area contributed by atoms with Gasteiger partial charge in [0, 0.05) is 19.1 Å². The van der Waals surface area contributed by atoms with Gasteiger partial charge in [-0.1, -0.05) is 12.1 Å². The van der Waals surface area contributed by atoms with Gasteiger partial charge in [-0.15, -0.1) is 0 Å². The minimum Gasteiger partial charge on any atom is -0.387 e. The van der Waals surface area contributed by atoms with Gasteiger partial charge in [0.25, 0.3) is 0 Å². The van der Waals surface area contributed by atoms with Crippen LogP contribution in [-0.4, -0.2) is 43.2 Å². The van der Waals surface area contributed by atoms with E-state index in [9.17, 15) is 9.50 Å². The third-order valence-electron chi connectivity index (χ3n) is 2.55. The number of hydrogen-bond acceptors (Lipinski definition) is 3. The molecule has 4 heteroatoms. The van der Waals surface area contributed by atoms with Gasteiger partial charge in [-0.2, -0.15) is 0 Å². The molecule has 2 unspecified atom stereocenters. The molecule has 2 N–H and O–H groups in total. The average Bonchev–Trinajstić information content (AvgIpc) is 2.26. The molecule has 0 amide bonds. The van der Waals surface area contributed by atoms with Crippen molar-refractivity contribution >= 4 is 0 Å². The van der Waals surface area contributed by atoms with E-state index < -0.39 is 6.10 Å². The van der Waals surface area contributed by atoms with E-state index in [4.69, 9.17) is 0 Å². The molecule has 2 atom stereocenters. The summed E-state index contributed by atoms with van der Waals surface area (Å²) in [4.78, 5) is 2.09. The number of nitrogens with zero attached hydrogens (tertiary/aromatic N) is 1. The molecule has 3 nitrogen and oxygen atoms in total. The fourth-order valence-electron chi connectivity index (χ4n) is 1.73. The molecule has 0 saturated carbocycles. The summed E-state index contributed by atoms with van der Waals surface area (Å²) in [5.41, 5.74) is 0.732. The molecule has 96 valence electrons. The third kappa shape index (κ3) is 5.26. The highest BCUT2D eigenvalue weighted by Crippen LogP contribution is 2.12. The van der Waals surface area contributed by atoms with Crippen molar-refractivity contribution in [2.24, 2.45) is 0 Å². The van der Waals surface area contributed by atoms with Crippen LogP contribution in [0.3, 0.4) is 0 Å². The van der Waals surface area contributed by atoms with Crippen LogP contribution in [0.4, 0.5) is 4.39 Å². The molecular weight excluding hydrogens is 219 g/mol. The summed E-state index contributed by atoms with van der Waals surface area (Å²) in [6, 6.07) is 6.25. The lowest BCUT2D eigenvalue weighted by Gasteiger charge is -2.20. The zero-order chi connectivity index (χ0) is 12.8. The highest BCUT2D eigenvalue weighted by atomic mass is 19.1. The van der Waals surface area contributed by atoms with E-state index in [0.29, 0.717) is 12.6 Å². The lowest BCUT2D eigenvalue weighted by molar-refractivity contribution is 0.167. The summed E-state index contributed by atoms with van der Waals surface area (Å²) in [5.74, 6) is -0.283. The van der Waals surface area contributed by atoms with Crippen LogP contribution < -0.4 is 5.32 Å². The van der Waals surface area contributed by atoms with Crippen molar-refractivity contribution in [1.82, 2.24) is 10.2 Å². The van der Waals surface area contributed by atoms with Gasteiger partial charge >= 0.3 is 0 Å². The molecule has 0 aliphatic heterocycles. The van der Waals surface area contributed by atoms with Gasteiger partial charge in [0.2, 0.25) is 0 Å². The molecule has 1 aromatic carbocycles. The van der Waals surface area contributed by atoms with Crippen molar-refractivity contribution < 1.29 is 9.50 Å². The summed E-state index contributed by atoms with van der Waals surface area (Å²) < 4.78 is 12.7. The van der Waals surface area contributed by atoms with Crippen LogP contribution >= 0.6 is 0 Å². The molecule has 0 heterocycles. The lowest BCUT2D eigenvalue weighted by Crippen LogP contribution is -2.37. The first-order chi connectivity index (χ1) is 7.99. The maximum atomic E-state index is 12.7. The smallest absolute Gasteiger partial charge is 0.123 e. The molecule has 0 bridgehead atoms. The molecule has 1 aromatic rings. The van der Waals surface area contributed by atoms with Crippen LogP contribution in [0, 0.1) is 5.82 Å². The predicted octanol–water partition coefficient (Wildman–Crippen LogP) is 1.40. The first-order valence-corrected chi connectivity index (χ1v) is 5.80. The van der Waals surface area contributed by atoms with Crippen LogP contribution in [0.1, 0.15) is 18.6 Å². The molecular formula is C13H21FN2O. The SMILES string of the molecule is CC(CN(C)C)NCC(O)c1ccc(F)cc1. The summed E-state index contributed by atoms with van der Waals surface area (Å²) in [7, 11) is 4.02. The zero-order valence-corrected chi connectivity index (χ0v) is 10.7. The minimum atomic E-state index is -0.597. The summed E-state index contributed by atoms with van der Waals surface area (Å²) >= 11 is 0. The van der Waals surface area contributed by atoms with E-state index in [1.165, 1.54) is 12.1 Å². The summed E-state index contributed by atoms with van der Waals surface area (Å²) in [6.45, 7) is 3.45. The van der Waals surface area contributed by atoms with E-state index in [0.717, 1.165) is 12.1 Å². The zero-order valence-electron chi connectivity index (χ0n) is 10.7. The predicted molar refractivity (Wildman–Crippen MR) is 67.4 cm³/mol. The average molecular weight is 240 g/mol.